The smallest absolute Gasteiger partial charge is 0.242 e. The third-order valence-electron chi connectivity index (χ3n) is 3.45. The first-order valence-electron chi connectivity index (χ1n) is 7.07. The first-order valence-corrected chi connectivity index (χ1v) is 8.55. The largest absolute Gasteiger partial charge is 0.306 e. The predicted octanol–water partition coefficient (Wildman–Crippen LogP) is 2.31. The van der Waals surface area contributed by atoms with E-state index < -0.39 is 10.0 Å². The summed E-state index contributed by atoms with van der Waals surface area (Å²) in [5, 5.41) is 0. The van der Waals surface area contributed by atoms with Crippen molar-refractivity contribution in [1.82, 2.24) is 19.3 Å². The standard InChI is InChI=1S/C16H16N4O2S/c1-13(19-23(21,22)16-6-3-7-17-11-16)14-4-2-5-15(10-14)20-9-8-18-12-20/h2-13,19H,1H3/t13-/m0/s1. The molecule has 0 aliphatic carbocycles. The van der Waals surface area contributed by atoms with E-state index in [1.807, 2.05) is 35.0 Å². The maximum absolute atomic E-state index is 12.4. The number of hydrogen-bond acceptors (Lipinski definition) is 4. The van der Waals surface area contributed by atoms with E-state index in [-0.39, 0.29) is 10.9 Å². The summed E-state index contributed by atoms with van der Waals surface area (Å²) in [6, 6.07) is 10.4. The highest BCUT2D eigenvalue weighted by Crippen LogP contribution is 2.19. The number of benzene rings is 1. The lowest BCUT2D eigenvalue weighted by Crippen LogP contribution is -2.27. The van der Waals surface area contributed by atoms with Crippen LogP contribution in [0.25, 0.3) is 5.69 Å². The maximum atomic E-state index is 12.4. The van der Waals surface area contributed by atoms with Crippen LogP contribution in [0.3, 0.4) is 0 Å². The van der Waals surface area contributed by atoms with Crippen LogP contribution in [0.15, 0.2) is 72.4 Å². The molecule has 23 heavy (non-hydrogen) atoms. The minimum Gasteiger partial charge on any atom is -0.306 e. The van der Waals surface area contributed by atoms with E-state index in [2.05, 4.69) is 14.7 Å². The molecule has 2 heterocycles. The molecule has 1 atom stereocenters. The number of imidazole rings is 1. The molecule has 0 amide bonds. The van der Waals surface area contributed by atoms with Gasteiger partial charge in [0.2, 0.25) is 10.0 Å². The lowest BCUT2D eigenvalue weighted by molar-refractivity contribution is 0.566. The Morgan fingerprint density at radius 1 is 1.13 bits per heavy atom. The van der Waals surface area contributed by atoms with Crippen molar-refractivity contribution in [1.29, 1.82) is 0 Å². The SMILES string of the molecule is C[C@H](NS(=O)(=O)c1cccnc1)c1cccc(-n2ccnc2)c1. The summed E-state index contributed by atoms with van der Waals surface area (Å²) in [6.45, 7) is 1.81. The third kappa shape index (κ3) is 3.46. The van der Waals surface area contributed by atoms with Gasteiger partial charge in [0.05, 0.1) is 6.33 Å². The van der Waals surface area contributed by atoms with E-state index in [1.54, 1.807) is 25.5 Å². The lowest BCUT2D eigenvalue weighted by atomic mass is 10.1. The van der Waals surface area contributed by atoms with Crippen LogP contribution >= 0.6 is 0 Å². The Bertz CT molecular complexity index is 877. The van der Waals surface area contributed by atoms with Crippen LogP contribution in [0, 0.1) is 0 Å². The number of nitrogens with zero attached hydrogens (tertiary/aromatic N) is 3. The molecule has 0 saturated carbocycles. The van der Waals surface area contributed by atoms with Gasteiger partial charge in [0, 0.05) is 36.5 Å². The van der Waals surface area contributed by atoms with Gasteiger partial charge in [-0.15, -0.1) is 0 Å². The van der Waals surface area contributed by atoms with Crippen molar-refractivity contribution in [2.45, 2.75) is 17.9 Å². The van der Waals surface area contributed by atoms with Gasteiger partial charge in [0.15, 0.2) is 0 Å². The van der Waals surface area contributed by atoms with Gasteiger partial charge in [0.25, 0.3) is 0 Å². The van der Waals surface area contributed by atoms with Gasteiger partial charge in [-0.3, -0.25) is 4.98 Å². The number of aromatic nitrogens is 3. The van der Waals surface area contributed by atoms with Gasteiger partial charge in [0.1, 0.15) is 4.90 Å². The molecule has 0 fully saturated rings. The van der Waals surface area contributed by atoms with E-state index in [9.17, 15) is 8.42 Å². The Balaban J connectivity index is 1.84. The Labute approximate surface area is 134 Å². The molecule has 0 spiro atoms. The van der Waals surface area contributed by atoms with Crippen molar-refractivity contribution < 1.29 is 8.42 Å². The van der Waals surface area contributed by atoms with E-state index in [1.165, 1.54) is 18.5 Å². The molecule has 6 nitrogen and oxygen atoms in total. The van der Waals surface area contributed by atoms with Crippen molar-refractivity contribution in [2.75, 3.05) is 0 Å². The molecule has 7 heteroatoms. The van der Waals surface area contributed by atoms with Gasteiger partial charge >= 0.3 is 0 Å². The molecule has 2 aromatic heterocycles. The Kier molecular flexibility index (Phi) is 4.22. The maximum Gasteiger partial charge on any atom is 0.242 e. The Hall–Kier alpha value is -2.51. The van der Waals surface area contributed by atoms with Crippen LogP contribution in [-0.4, -0.2) is 23.0 Å². The first-order chi connectivity index (χ1) is 11.1. The molecule has 1 N–H and O–H groups in total. The second kappa shape index (κ2) is 6.31. The summed E-state index contributed by atoms with van der Waals surface area (Å²) in [4.78, 5) is 8.02. The van der Waals surface area contributed by atoms with Crippen LogP contribution in [0.5, 0.6) is 0 Å². The van der Waals surface area contributed by atoms with Gasteiger partial charge in [-0.2, -0.15) is 0 Å². The molecule has 118 valence electrons. The normalized spacial score (nSPS) is 12.9. The van der Waals surface area contributed by atoms with Gasteiger partial charge in [-0.25, -0.2) is 18.1 Å². The monoisotopic (exact) mass is 328 g/mol. The predicted molar refractivity (Wildman–Crippen MR) is 86.5 cm³/mol. The number of nitrogens with one attached hydrogen (secondary N) is 1. The average molecular weight is 328 g/mol. The molecule has 0 aliphatic rings. The summed E-state index contributed by atoms with van der Waals surface area (Å²) >= 11 is 0. The minimum absolute atomic E-state index is 0.151. The molecule has 3 rings (SSSR count). The van der Waals surface area contributed by atoms with Crippen molar-refractivity contribution in [2.24, 2.45) is 0 Å². The highest BCUT2D eigenvalue weighted by atomic mass is 32.2. The number of pyridine rings is 1. The van der Waals surface area contributed by atoms with E-state index in [0.29, 0.717) is 0 Å². The topological polar surface area (TPSA) is 76.9 Å². The Morgan fingerprint density at radius 3 is 2.70 bits per heavy atom. The highest BCUT2D eigenvalue weighted by molar-refractivity contribution is 7.89. The second-order valence-electron chi connectivity index (χ2n) is 5.10. The zero-order valence-corrected chi connectivity index (χ0v) is 13.3. The Morgan fingerprint density at radius 2 is 2.00 bits per heavy atom. The molecule has 1 aromatic carbocycles. The van der Waals surface area contributed by atoms with E-state index in [0.717, 1.165) is 11.3 Å². The number of sulfonamides is 1. The third-order valence-corrected chi connectivity index (χ3v) is 4.98. The molecular formula is C16H16N4O2S. The number of hydrogen-bond donors (Lipinski definition) is 1. The molecule has 0 aliphatic heterocycles. The summed E-state index contributed by atoms with van der Waals surface area (Å²) < 4.78 is 29.3. The zero-order chi connectivity index (χ0) is 16.3. The average Bonchev–Trinajstić information content (AvgIpc) is 3.10. The summed E-state index contributed by atoms with van der Waals surface area (Å²) in [5.41, 5.74) is 1.79. The van der Waals surface area contributed by atoms with Crippen molar-refractivity contribution in [3.63, 3.8) is 0 Å². The van der Waals surface area contributed by atoms with E-state index in [4.69, 9.17) is 0 Å². The van der Waals surface area contributed by atoms with Crippen molar-refractivity contribution in [3.05, 3.63) is 73.1 Å². The van der Waals surface area contributed by atoms with Crippen LogP contribution < -0.4 is 4.72 Å². The second-order valence-corrected chi connectivity index (χ2v) is 6.81. The van der Waals surface area contributed by atoms with Gasteiger partial charge < -0.3 is 4.57 Å². The van der Waals surface area contributed by atoms with Crippen LogP contribution in [0.2, 0.25) is 0 Å². The fraction of sp³-hybridized carbons (Fsp3) is 0.125. The summed E-state index contributed by atoms with van der Waals surface area (Å²) in [5.74, 6) is 0. The summed E-state index contributed by atoms with van der Waals surface area (Å²) in [6.07, 6.45) is 8.10. The fourth-order valence-corrected chi connectivity index (χ4v) is 3.44. The number of rotatable bonds is 5. The van der Waals surface area contributed by atoms with Crippen LogP contribution in [0.1, 0.15) is 18.5 Å². The molecular weight excluding hydrogens is 312 g/mol. The highest BCUT2D eigenvalue weighted by Gasteiger charge is 2.18. The molecule has 0 radical (unpaired) electrons. The molecule has 3 aromatic rings. The van der Waals surface area contributed by atoms with Gasteiger partial charge in [-0.05, 0) is 36.8 Å². The first kappa shape index (κ1) is 15.4. The lowest BCUT2D eigenvalue weighted by Gasteiger charge is -2.15. The van der Waals surface area contributed by atoms with Crippen LogP contribution in [-0.2, 0) is 10.0 Å². The summed E-state index contributed by atoms with van der Waals surface area (Å²) in [7, 11) is -3.61. The zero-order valence-electron chi connectivity index (χ0n) is 12.5. The fourth-order valence-electron chi connectivity index (χ4n) is 2.24. The molecule has 0 unspecified atom stereocenters. The molecule has 0 bridgehead atoms. The minimum atomic E-state index is -3.61. The van der Waals surface area contributed by atoms with Gasteiger partial charge in [-0.1, -0.05) is 12.1 Å². The van der Waals surface area contributed by atoms with Crippen molar-refractivity contribution >= 4 is 10.0 Å². The molecule has 0 saturated heterocycles. The van der Waals surface area contributed by atoms with Crippen molar-refractivity contribution in [3.8, 4) is 5.69 Å². The van der Waals surface area contributed by atoms with E-state index >= 15 is 0 Å². The quantitative estimate of drug-likeness (QED) is 0.780. The van der Waals surface area contributed by atoms with Crippen LogP contribution in [0.4, 0.5) is 0 Å².